The zero-order chi connectivity index (χ0) is 15.3. The topological polar surface area (TPSA) is 75.4 Å². The molecule has 0 heterocycles. The predicted molar refractivity (Wildman–Crippen MR) is 82.0 cm³/mol. The van der Waals surface area contributed by atoms with Gasteiger partial charge in [0.15, 0.2) is 0 Å². The van der Waals surface area contributed by atoms with Crippen LogP contribution >= 0.6 is 0 Å². The van der Waals surface area contributed by atoms with Crippen LogP contribution < -0.4 is 10.5 Å². The lowest BCUT2D eigenvalue weighted by Gasteiger charge is -2.21. The fourth-order valence-electron chi connectivity index (χ4n) is 1.86. The fourth-order valence-corrected chi connectivity index (χ4v) is 3.17. The predicted octanol–water partition coefficient (Wildman–Crippen LogP) is 1.07. The van der Waals surface area contributed by atoms with Crippen LogP contribution in [0.5, 0.6) is 0 Å². The highest BCUT2D eigenvalue weighted by Gasteiger charge is 2.17. The monoisotopic (exact) mass is 299 g/mol. The number of hydrogen-bond acceptors (Lipinski definition) is 4. The Bertz CT molecular complexity index is 541. The first-order valence-electron chi connectivity index (χ1n) is 6.78. The quantitative estimate of drug-likeness (QED) is 0.790. The summed E-state index contributed by atoms with van der Waals surface area (Å²) in [6, 6.07) is 5.58. The molecule has 0 aliphatic carbocycles. The number of benzene rings is 1. The lowest BCUT2D eigenvalue weighted by atomic mass is 10.1. The molecule has 0 aliphatic rings. The van der Waals surface area contributed by atoms with Gasteiger partial charge in [0.05, 0.1) is 4.90 Å². The van der Waals surface area contributed by atoms with Crippen molar-refractivity contribution in [1.29, 1.82) is 0 Å². The first kappa shape index (κ1) is 17.1. The van der Waals surface area contributed by atoms with E-state index in [1.165, 1.54) is 0 Å². The number of nitrogens with two attached hydrogens (primary N) is 1. The smallest absolute Gasteiger partial charge is 0.240 e. The van der Waals surface area contributed by atoms with Crippen LogP contribution in [0.4, 0.5) is 0 Å². The standard InChI is InChI=1S/C14H25N3O2S/c1-11(2)17(4)9-8-16-20(18,19)14-7-5-6-13(10-15)12(14)3/h5-7,11,16H,8-10,15H2,1-4H3. The summed E-state index contributed by atoms with van der Waals surface area (Å²) in [6.45, 7) is 7.34. The molecular weight excluding hydrogens is 274 g/mol. The van der Waals surface area contributed by atoms with Crippen molar-refractivity contribution in [3.8, 4) is 0 Å². The zero-order valence-electron chi connectivity index (χ0n) is 12.7. The SMILES string of the molecule is Cc1c(CN)cccc1S(=O)(=O)NCCN(C)C(C)C. The van der Waals surface area contributed by atoms with E-state index in [0.717, 1.165) is 11.1 Å². The molecule has 0 atom stereocenters. The molecule has 1 rings (SSSR count). The minimum atomic E-state index is -3.48. The largest absolute Gasteiger partial charge is 0.326 e. The summed E-state index contributed by atoms with van der Waals surface area (Å²) in [5.74, 6) is 0. The van der Waals surface area contributed by atoms with Gasteiger partial charge in [0.1, 0.15) is 0 Å². The van der Waals surface area contributed by atoms with Gasteiger partial charge in [0, 0.05) is 25.7 Å². The second kappa shape index (κ2) is 7.17. The van der Waals surface area contributed by atoms with Gasteiger partial charge in [0.2, 0.25) is 10.0 Å². The molecule has 0 amide bonds. The average Bonchev–Trinajstić information content (AvgIpc) is 2.38. The Morgan fingerprint density at radius 3 is 2.55 bits per heavy atom. The molecule has 3 N–H and O–H groups in total. The molecule has 0 saturated heterocycles. The Balaban J connectivity index is 2.80. The van der Waals surface area contributed by atoms with Gasteiger partial charge >= 0.3 is 0 Å². The van der Waals surface area contributed by atoms with E-state index >= 15 is 0 Å². The highest BCUT2D eigenvalue weighted by molar-refractivity contribution is 7.89. The fraction of sp³-hybridized carbons (Fsp3) is 0.571. The summed E-state index contributed by atoms with van der Waals surface area (Å²) in [4.78, 5) is 2.40. The Morgan fingerprint density at radius 1 is 1.35 bits per heavy atom. The molecule has 6 heteroatoms. The van der Waals surface area contributed by atoms with Gasteiger partial charge in [-0.25, -0.2) is 13.1 Å². The molecule has 114 valence electrons. The highest BCUT2D eigenvalue weighted by Crippen LogP contribution is 2.18. The molecule has 5 nitrogen and oxygen atoms in total. The van der Waals surface area contributed by atoms with Crippen LogP contribution in [0, 0.1) is 6.92 Å². The molecule has 0 saturated carbocycles. The van der Waals surface area contributed by atoms with E-state index in [1.807, 2.05) is 13.1 Å². The lowest BCUT2D eigenvalue weighted by Crippen LogP contribution is -2.36. The summed E-state index contributed by atoms with van der Waals surface area (Å²) in [5.41, 5.74) is 7.19. The van der Waals surface area contributed by atoms with Crippen molar-refractivity contribution in [2.75, 3.05) is 20.1 Å². The maximum absolute atomic E-state index is 12.3. The molecule has 0 spiro atoms. The third-order valence-electron chi connectivity index (χ3n) is 3.54. The van der Waals surface area contributed by atoms with E-state index in [9.17, 15) is 8.42 Å². The number of nitrogens with one attached hydrogen (secondary N) is 1. The van der Waals surface area contributed by atoms with Gasteiger partial charge in [-0.15, -0.1) is 0 Å². The molecule has 1 aromatic rings. The molecule has 0 radical (unpaired) electrons. The number of nitrogens with zero attached hydrogens (tertiary/aromatic N) is 1. The average molecular weight is 299 g/mol. The molecule has 0 aromatic heterocycles. The number of sulfonamides is 1. The van der Waals surface area contributed by atoms with Crippen LogP contribution in [0.1, 0.15) is 25.0 Å². The third kappa shape index (κ3) is 4.28. The molecule has 0 aliphatic heterocycles. The summed E-state index contributed by atoms with van der Waals surface area (Å²) >= 11 is 0. The lowest BCUT2D eigenvalue weighted by molar-refractivity contribution is 0.278. The van der Waals surface area contributed by atoms with Crippen LogP contribution in [-0.2, 0) is 16.6 Å². The van der Waals surface area contributed by atoms with Crippen LogP contribution in [0.3, 0.4) is 0 Å². The highest BCUT2D eigenvalue weighted by atomic mass is 32.2. The van der Waals surface area contributed by atoms with Gasteiger partial charge in [-0.3, -0.25) is 0 Å². The third-order valence-corrected chi connectivity index (χ3v) is 5.15. The summed E-state index contributed by atoms with van der Waals surface area (Å²) in [7, 11) is -1.51. The van der Waals surface area contributed by atoms with Gasteiger partial charge in [-0.05, 0) is 45.0 Å². The summed E-state index contributed by atoms with van der Waals surface area (Å²) in [5, 5.41) is 0. The van der Waals surface area contributed by atoms with Crippen LogP contribution in [0.25, 0.3) is 0 Å². The van der Waals surface area contributed by atoms with Gasteiger partial charge in [-0.2, -0.15) is 0 Å². The van der Waals surface area contributed by atoms with Gasteiger partial charge in [0.25, 0.3) is 0 Å². The number of hydrogen-bond donors (Lipinski definition) is 2. The minimum absolute atomic E-state index is 0.313. The summed E-state index contributed by atoms with van der Waals surface area (Å²) < 4.78 is 27.2. The van der Waals surface area contributed by atoms with E-state index in [1.54, 1.807) is 19.1 Å². The van der Waals surface area contributed by atoms with Crippen molar-refractivity contribution < 1.29 is 8.42 Å². The van der Waals surface area contributed by atoms with Crippen molar-refractivity contribution in [3.63, 3.8) is 0 Å². The Hall–Kier alpha value is -0.950. The van der Waals surface area contributed by atoms with E-state index in [2.05, 4.69) is 23.5 Å². The Morgan fingerprint density at radius 2 is 2.00 bits per heavy atom. The van der Waals surface area contributed by atoms with Crippen molar-refractivity contribution in [2.45, 2.75) is 38.3 Å². The molecular formula is C14H25N3O2S. The minimum Gasteiger partial charge on any atom is -0.326 e. The van der Waals surface area contributed by atoms with Crippen LogP contribution in [0.15, 0.2) is 23.1 Å². The van der Waals surface area contributed by atoms with E-state index in [-0.39, 0.29) is 0 Å². The van der Waals surface area contributed by atoms with E-state index < -0.39 is 10.0 Å². The first-order chi connectivity index (χ1) is 9.29. The Labute approximate surface area is 122 Å². The van der Waals surface area contributed by atoms with Crippen molar-refractivity contribution in [2.24, 2.45) is 5.73 Å². The summed E-state index contributed by atoms with van der Waals surface area (Å²) in [6.07, 6.45) is 0. The van der Waals surface area contributed by atoms with Crippen LogP contribution in [-0.4, -0.2) is 39.5 Å². The maximum Gasteiger partial charge on any atom is 0.240 e. The molecule has 0 bridgehead atoms. The molecule has 0 unspecified atom stereocenters. The molecule has 20 heavy (non-hydrogen) atoms. The van der Waals surface area contributed by atoms with E-state index in [4.69, 9.17) is 5.73 Å². The normalized spacial score (nSPS) is 12.3. The van der Waals surface area contributed by atoms with Crippen molar-refractivity contribution >= 4 is 10.0 Å². The molecule has 1 aromatic carbocycles. The second-order valence-electron chi connectivity index (χ2n) is 5.22. The Kier molecular flexibility index (Phi) is 6.13. The van der Waals surface area contributed by atoms with Crippen molar-refractivity contribution in [1.82, 2.24) is 9.62 Å². The first-order valence-corrected chi connectivity index (χ1v) is 8.26. The zero-order valence-corrected chi connectivity index (χ0v) is 13.5. The van der Waals surface area contributed by atoms with Crippen LogP contribution in [0.2, 0.25) is 0 Å². The van der Waals surface area contributed by atoms with Gasteiger partial charge in [-0.1, -0.05) is 12.1 Å². The van der Waals surface area contributed by atoms with E-state index in [0.29, 0.717) is 30.6 Å². The maximum atomic E-state index is 12.3. The molecule has 0 fully saturated rings. The number of rotatable bonds is 7. The second-order valence-corrected chi connectivity index (χ2v) is 6.95. The van der Waals surface area contributed by atoms with Gasteiger partial charge < -0.3 is 10.6 Å². The van der Waals surface area contributed by atoms with Crippen molar-refractivity contribution in [3.05, 3.63) is 29.3 Å². The number of likely N-dealkylation sites (N-methyl/N-ethyl adjacent to an activating group) is 1.